The smallest absolute Gasteiger partial charge is 0.294 e. The van der Waals surface area contributed by atoms with E-state index in [1.807, 2.05) is 0 Å². The summed E-state index contributed by atoms with van der Waals surface area (Å²) in [7, 11) is 0. The van der Waals surface area contributed by atoms with Gasteiger partial charge in [0.15, 0.2) is 5.78 Å². The van der Waals surface area contributed by atoms with Crippen molar-refractivity contribution < 1.29 is 22.4 Å². The molecular weight excluding hydrogens is 212 g/mol. The van der Waals surface area contributed by atoms with Crippen LogP contribution >= 0.6 is 0 Å². The quantitative estimate of drug-likeness (QED) is 0.524. The first kappa shape index (κ1) is 11.7. The zero-order chi connectivity index (χ0) is 11.8. The van der Waals surface area contributed by atoms with Crippen LogP contribution in [-0.4, -0.2) is 5.78 Å². The molecule has 0 fully saturated rings. The number of carbonyl (C=O) groups excluding carboxylic acids is 1. The Morgan fingerprint density at radius 2 is 1.80 bits per heavy atom. The van der Waals surface area contributed by atoms with E-state index in [2.05, 4.69) is 0 Å². The maximum Gasteiger partial charge on any atom is 0.417 e. The monoisotopic (exact) mass is 220 g/mol. The lowest BCUT2D eigenvalue weighted by molar-refractivity contribution is -0.138. The molecule has 5 heteroatoms. The minimum Gasteiger partial charge on any atom is -0.294 e. The second kappa shape index (κ2) is 3.64. The van der Waals surface area contributed by atoms with Gasteiger partial charge in [0.1, 0.15) is 5.82 Å². The van der Waals surface area contributed by atoms with E-state index in [1.54, 1.807) is 0 Å². The molecule has 15 heavy (non-hydrogen) atoms. The summed E-state index contributed by atoms with van der Waals surface area (Å²) in [6.07, 6.45) is -4.64. The number of carbonyl (C=O) groups is 1. The Morgan fingerprint density at radius 1 is 1.27 bits per heavy atom. The summed E-state index contributed by atoms with van der Waals surface area (Å²) in [6.45, 7) is 2.19. The summed E-state index contributed by atoms with van der Waals surface area (Å²) in [5.74, 6) is -1.62. The topological polar surface area (TPSA) is 17.1 Å². The Bertz CT molecular complexity index is 407. The molecule has 0 N–H and O–H groups in total. The van der Waals surface area contributed by atoms with Crippen LogP contribution in [0.2, 0.25) is 0 Å². The van der Waals surface area contributed by atoms with Crippen LogP contribution in [0.1, 0.15) is 28.4 Å². The van der Waals surface area contributed by atoms with Gasteiger partial charge in [-0.1, -0.05) is 0 Å². The maximum atomic E-state index is 13.0. The molecular formula is C10H8F4O. The maximum absolute atomic E-state index is 13.0. The van der Waals surface area contributed by atoms with Gasteiger partial charge in [-0.25, -0.2) is 4.39 Å². The average Bonchev–Trinajstić information content (AvgIpc) is 2.06. The molecule has 0 aliphatic carbocycles. The highest BCUT2D eigenvalue weighted by molar-refractivity contribution is 5.95. The summed E-state index contributed by atoms with van der Waals surface area (Å²) >= 11 is 0. The van der Waals surface area contributed by atoms with E-state index < -0.39 is 28.9 Å². The van der Waals surface area contributed by atoms with Gasteiger partial charge in [-0.15, -0.1) is 0 Å². The highest BCUT2D eigenvalue weighted by Gasteiger charge is 2.35. The van der Waals surface area contributed by atoms with Crippen LogP contribution in [0, 0.1) is 12.7 Å². The van der Waals surface area contributed by atoms with Crippen molar-refractivity contribution in [2.75, 3.05) is 0 Å². The predicted octanol–water partition coefficient (Wildman–Crippen LogP) is 3.36. The van der Waals surface area contributed by atoms with Crippen LogP contribution in [0.25, 0.3) is 0 Å². The average molecular weight is 220 g/mol. The molecule has 1 rings (SSSR count). The molecule has 1 nitrogen and oxygen atoms in total. The van der Waals surface area contributed by atoms with Gasteiger partial charge in [0.05, 0.1) is 5.56 Å². The number of alkyl halides is 3. The van der Waals surface area contributed by atoms with Crippen LogP contribution in [0.5, 0.6) is 0 Å². The zero-order valence-corrected chi connectivity index (χ0v) is 8.07. The van der Waals surface area contributed by atoms with Crippen LogP contribution in [0.4, 0.5) is 17.6 Å². The third-order valence-corrected chi connectivity index (χ3v) is 1.98. The standard InChI is InChI=1S/C10H8F4O/c1-5-3-8(10(12,13)14)7(6(2)15)4-9(5)11/h3-4H,1-2H3. The van der Waals surface area contributed by atoms with Crippen molar-refractivity contribution >= 4 is 5.78 Å². The number of hydrogen-bond donors (Lipinski definition) is 0. The van der Waals surface area contributed by atoms with Crippen LogP contribution in [0.15, 0.2) is 12.1 Å². The molecule has 1 aromatic rings. The van der Waals surface area contributed by atoms with Crippen LogP contribution < -0.4 is 0 Å². The van der Waals surface area contributed by atoms with Gasteiger partial charge in [-0.05, 0) is 31.5 Å². The molecule has 1 aromatic carbocycles. The molecule has 0 amide bonds. The normalized spacial score (nSPS) is 11.6. The minimum atomic E-state index is -4.64. The van der Waals surface area contributed by atoms with Gasteiger partial charge in [0.2, 0.25) is 0 Å². The SMILES string of the molecule is CC(=O)c1cc(F)c(C)cc1C(F)(F)F. The fourth-order valence-electron chi connectivity index (χ4n) is 1.21. The minimum absolute atomic E-state index is 0.132. The summed E-state index contributed by atoms with van der Waals surface area (Å²) in [5, 5.41) is 0. The summed E-state index contributed by atoms with van der Waals surface area (Å²) in [4.78, 5) is 10.9. The molecule has 0 aliphatic rings. The Labute approximate surface area is 83.7 Å². The van der Waals surface area contributed by atoms with Gasteiger partial charge in [0, 0.05) is 5.56 Å². The molecule has 82 valence electrons. The molecule has 0 bridgehead atoms. The predicted molar refractivity (Wildman–Crippen MR) is 46.1 cm³/mol. The van der Waals surface area contributed by atoms with Crippen molar-refractivity contribution in [2.45, 2.75) is 20.0 Å². The second-order valence-electron chi connectivity index (χ2n) is 3.20. The van der Waals surface area contributed by atoms with Gasteiger partial charge < -0.3 is 0 Å². The van der Waals surface area contributed by atoms with Crippen molar-refractivity contribution in [3.63, 3.8) is 0 Å². The van der Waals surface area contributed by atoms with Crippen molar-refractivity contribution in [3.8, 4) is 0 Å². The van der Waals surface area contributed by atoms with Crippen molar-refractivity contribution in [2.24, 2.45) is 0 Å². The number of Topliss-reactive ketones (excluding diaryl/α,β-unsaturated/α-hetero) is 1. The number of aryl methyl sites for hydroxylation is 1. The van der Waals surface area contributed by atoms with Gasteiger partial charge >= 0.3 is 6.18 Å². The highest BCUT2D eigenvalue weighted by Crippen LogP contribution is 2.33. The summed E-state index contributed by atoms with van der Waals surface area (Å²) in [6, 6.07) is 1.27. The molecule has 0 atom stereocenters. The van der Waals surface area contributed by atoms with Gasteiger partial charge in [-0.3, -0.25) is 4.79 Å². The van der Waals surface area contributed by atoms with Crippen molar-refractivity contribution in [3.05, 3.63) is 34.6 Å². The molecule has 0 spiro atoms. The molecule has 0 aliphatic heterocycles. The number of ketones is 1. The molecule has 0 unspecified atom stereocenters. The lowest BCUT2D eigenvalue weighted by Crippen LogP contribution is -2.12. The number of benzene rings is 1. The molecule has 0 saturated carbocycles. The van der Waals surface area contributed by atoms with Gasteiger partial charge in [0.25, 0.3) is 0 Å². The first-order valence-electron chi connectivity index (χ1n) is 4.11. The van der Waals surface area contributed by atoms with E-state index in [9.17, 15) is 22.4 Å². The largest absolute Gasteiger partial charge is 0.417 e. The van der Waals surface area contributed by atoms with E-state index in [1.165, 1.54) is 6.92 Å². The van der Waals surface area contributed by atoms with Crippen molar-refractivity contribution in [1.82, 2.24) is 0 Å². The third kappa shape index (κ3) is 2.34. The van der Waals surface area contributed by atoms with E-state index in [-0.39, 0.29) is 5.56 Å². The second-order valence-corrected chi connectivity index (χ2v) is 3.20. The zero-order valence-electron chi connectivity index (χ0n) is 8.07. The van der Waals surface area contributed by atoms with E-state index in [0.717, 1.165) is 6.92 Å². The molecule has 0 saturated heterocycles. The summed E-state index contributed by atoms with van der Waals surface area (Å²) < 4.78 is 50.3. The van der Waals surface area contributed by atoms with E-state index in [4.69, 9.17) is 0 Å². The lowest BCUT2D eigenvalue weighted by Gasteiger charge is -2.12. The van der Waals surface area contributed by atoms with Crippen LogP contribution in [-0.2, 0) is 6.18 Å². The summed E-state index contributed by atoms with van der Waals surface area (Å²) in [5.41, 5.74) is -1.85. The highest BCUT2D eigenvalue weighted by atomic mass is 19.4. The third-order valence-electron chi connectivity index (χ3n) is 1.98. The first-order valence-corrected chi connectivity index (χ1v) is 4.11. The Hall–Kier alpha value is -1.39. The number of halogens is 4. The fraction of sp³-hybridized carbons (Fsp3) is 0.300. The van der Waals surface area contributed by atoms with Crippen molar-refractivity contribution in [1.29, 1.82) is 0 Å². The van der Waals surface area contributed by atoms with Gasteiger partial charge in [-0.2, -0.15) is 13.2 Å². The Morgan fingerprint density at radius 3 is 2.20 bits per heavy atom. The number of rotatable bonds is 1. The molecule has 0 aromatic heterocycles. The molecule has 0 heterocycles. The van der Waals surface area contributed by atoms with E-state index in [0.29, 0.717) is 12.1 Å². The fourth-order valence-corrected chi connectivity index (χ4v) is 1.21. The lowest BCUT2D eigenvalue weighted by atomic mass is 10.0. The van der Waals surface area contributed by atoms with E-state index >= 15 is 0 Å². The number of hydrogen-bond acceptors (Lipinski definition) is 1. The van der Waals surface area contributed by atoms with Crippen LogP contribution in [0.3, 0.4) is 0 Å². The Balaban J connectivity index is 3.49. The molecule has 0 radical (unpaired) electrons. The first-order chi connectivity index (χ1) is 6.73. The Kier molecular flexibility index (Phi) is 2.83.